The van der Waals surface area contributed by atoms with E-state index in [-0.39, 0.29) is 23.0 Å². The van der Waals surface area contributed by atoms with Crippen LogP contribution in [0.25, 0.3) is 0 Å². The molecule has 1 unspecified atom stereocenters. The van der Waals surface area contributed by atoms with Crippen molar-refractivity contribution in [3.05, 3.63) is 28.7 Å². The zero-order valence-corrected chi connectivity index (χ0v) is 14.5. The van der Waals surface area contributed by atoms with E-state index < -0.39 is 9.84 Å². The van der Waals surface area contributed by atoms with Crippen LogP contribution >= 0.6 is 15.9 Å². The predicted molar refractivity (Wildman–Crippen MR) is 85.8 cm³/mol. The van der Waals surface area contributed by atoms with Gasteiger partial charge >= 0.3 is 0 Å². The third-order valence-corrected chi connectivity index (χ3v) is 6.03. The molecule has 0 N–H and O–H groups in total. The van der Waals surface area contributed by atoms with Gasteiger partial charge in [-0.05, 0) is 43.0 Å². The fraction of sp³-hybridized carbons (Fsp3) is 0.533. The number of hydrogen-bond acceptors (Lipinski definition) is 3. The molecule has 1 aromatic rings. The van der Waals surface area contributed by atoms with E-state index in [0.717, 1.165) is 30.4 Å². The van der Waals surface area contributed by atoms with Gasteiger partial charge in [-0.25, -0.2) is 8.42 Å². The van der Waals surface area contributed by atoms with Crippen molar-refractivity contribution in [3.8, 4) is 0 Å². The number of carbonyl (C=O) groups excluding carboxylic acids is 1. The van der Waals surface area contributed by atoms with Crippen molar-refractivity contribution in [2.75, 3.05) is 18.8 Å². The molecule has 0 aromatic heterocycles. The van der Waals surface area contributed by atoms with Crippen molar-refractivity contribution in [2.24, 2.45) is 5.92 Å². The monoisotopic (exact) mass is 373 g/mol. The molecule has 0 spiro atoms. The van der Waals surface area contributed by atoms with Crippen LogP contribution in [0.5, 0.6) is 0 Å². The Morgan fingerprint density at radius 1 is 1.33 bits per heavy atom. The average molecular weight is 374 g/mol. The van der Waals surface area contributed by atoms with Gasteiger partial charge < -0.3 is 4.90 Å². The predicted octanol–water partition coefficient (Wildman–Crippen LogP) is 2.87. The van der Waals surface area contributed by atoms with Gasteiger partial charge in [-0.3, -0.25) is 4.79 Å². The average Bonchev–Trinajstić information content (AvgIpc) is 2.45. The quantitative estimate of drug-likeness (QED) is 0.815. The van der Waals surface area contributed by atoms with Crippen LogP contribution in [0.4, 0.5) is 0 Å². The van der Waals surface area contributed by atoms with E-state index in [4.69, 9.17) is 0 Å². The van der Waals surface area contributed by atoms with Crippen LogP contribution < -0.4 is 0 Å². The summed E-state index contributed by atoms with van der Waals surface area (Å²) < 4.78 is 25.3. The number of rotatable bonds is 4. The van der Waals surface area contributed by atoms with Crippen LogP contribution in [-0.4, -0.2) is 38.1 Å². The molecule has 0 saturated carbocycles. The molecule has 21 heavy (non-hydrogen) atoms. The molecule has 1 aliphatic heterocycles. The van der Waals surface area contributed by atoms with E-state index in [1.165, 1.54) is 0 Å². The Kier molecular flexibility index (Phi) is 5.43. The Labute approximate surface area is 134 Å². The summed E-state index contributed by atoms with van der Waals surface area (Å²) in [4.78, 5) is 14.2. The highest BCUT2D eigenvalue weighted by molar-refractivity contribution is 9.10. The Bertz CT molecular complexity index is 598. The molecule has 0 bridgehead atoms. The highest BCUT2D eigenvalue weighted by atomic mass is 79.9. The maximum Gasteiger partial charge on any atom is 0.223 e. The summed E-state index contributed by atoms with van der Waals surface area (Å²) in [5.74, 6) is 0.325. The summed E-state index contributed by atoms with van der Waals surface area (Å²) >= 11 is 3.28. The topological polar surface area (TPSA) is 54.5 Å². The maximum atomic E-state index is 12.2. The zero-order valence-electron chi connectivity index (χ0n) is 12.1. The van der Waals surface area contributed by atoms with E-state index >= 15 is 0 Å². The Morgan fingerprint density at radius 2 is 2.00 bits per heavy atom. The number of sulfone groups is 1. The summed E-state index contributed by atoms with van der Waals surface area (Å²) in [5.41, 5.74) is 0. The van der Waals surface area contributed by atoms with E-state index in [1.807, 2.05) is 0 Å². The fourth-order valence-corrected chi connectivity index (χ4v) is 4.05. The summed E-state index contributed by atoms with van der Waals surface area (Å²) in [5, 5.41) is 0. The van der Waals surface area contributed by atoms with Crippen LogP contribution in [-0.2, 0) is 14.6 Å². The Morgan fingerprint density at radius 3 is 2.62 bits per heavy atom. The molecule has 1 atom stereocenters. The summed E-state index contributed by atoms with van der Waals surface area (Å²) in [7, 11) is -3.39. The minimum atomic E-state index is -3.39. The number of hydrogen-bond donors (Lipinski definition) is 0. The first-order valence-electron chi connectivity index (χ1n) is 7.14. The van der Waals surface area contributed by atoms with Crippen molar-refractivity contribution in [1.29, 1.82) is 0 Å². The fourth-order valence-electron chi connectivity index (χ4n) is 2.56. The molecule has 0 aliphatic carbocycles. The number of benzene rings is 1. The SMILES string of the molecule is CC1CCCN(C(=O)CCS(=O)(=O)c2ccc(Br)cc2)C1. The molecule has 1 amide bonds. The van der Waals surface area contributed by atoms with Crippen molar-refractivity contribution in [2.45, 2.75) is 31.1 Å². The third kappa shape index (κ3) is 4.54. The van der Waals surface area contributed by atoms with E-state index in [2.05, 4.69) is 22.9 Å². The second-order valence-electron chi connectivity index (χ2n) is 5.61. The van der Waals surface area contributed by atoms with Crippen LogP contribution in [0.15, 0.2) is 33.6 Å². The van der Waals surface area contributed by atoms with Gasteiger partial charge in [0.25, 0.3) is 0 Å². The number of nitrogens with zero attached hydrogens (tertiary/aromatic N) is 1. The molecule has 2 rings (SSSR count). The molecule has 1 aliphatic rings. The van der Waals surface area contributed by atoms with E-state index in [0.29, 0.717) is 5.92 Å². The van der Waals surface area contributed by atoms with Gasteiger partial charge in [-0.15, -0.1) is 0 Å². The lowest BCUT2D eigenvalue weighted by atomic mass is 10.0. The second kappa shape index (κ2) is 6.92. The lowest BCUT2D eigenvalue weighted by Gasteiger charge is -2.31. The van der Waals surface area contributed by atoms with Crippen LogP contribution in [0.3, 0.4) is 0 Å². The first kappa shape index (κ1) is 16.5. The maximum absolute atomic E-state index is 12.2. The van der Waals surface area contributed by atoms with Gasteiger partial charge in [-0.1, -0.05) is 22.9 Å². The molecular formula is C15H20BrNO3S. The highest BCUT2D eigenvalue weighted by Crippen LogP contribution is 2.19. The number of piperidine rings is 1. The summed E-state index contributed by atoms with van der Waals surface area (Å²) in [6.45, 7) is 3.62. The van der Waals surface area contributed by atoms with Gasteiger partial charge in [0.15, 0.2) is 9.84 Å². The molecule has 1 fully saturated rings. The zero-order chi connectivity index (χ0) is 15.5. The van der Waals surface area contributed by atoms with Crippen molar-refractivity contribution >= 4 is 31.7 Å². The van der Waals surface area contributed by atoms with Gasteiger partial charge in [0.2, 0.25) is 5.91 Å². The van der Waals surface area contributed by atoms with Crippen molar-refractivity contribution < 1.29 is 13.2 Å². The van der Waals surface area contributed by atoms with E-state index in [1.54, 1.807) is 29.2 Å². The van der Waals surface area contributed by atoms with Crippen molar-refractivity contribution in [1.82, 2.24) is 4.90 Å². The summed E-state index contributed by atoms with van der Waals surface area (Å²) in [6, 6.07) is 6.52. The molecule has 6 heteroatoms. The second-order valence-corrected chi connectivity index (χ2v) is 8.63. The minimum Gasteiger partial charge on any atom is -0.342 e. The first-order valence-corrected chi connectivity index (χ1v) is 9.59. The molecule has 1 aromatic carbocycles. The van der Waals surface area contributed by atoms with Gasteiger partial charge in [-0.2, -0.15) is 0 Å². The van der Waals surface area contributed by atoms with Gasteiger partial charge in [0.1, 0.15) is 0 Å². The number of halogens is 1. The minimum absolute atomic E-state index is 0.0535. The van der Waals surface area contributed by atoms with Crippen LogP contribution in [0.2, 0.25) is 0 Å². The third-order valence-electron chi connectivity index (χ3n) is 3.77. The van der Waals surface area contributed by atoms with Crippen molar-refractivity contribution in [3.63, 3.8) is 0 Å². The smallest absolute Gasteiger partial charge is 0.223 e. The molecule has 1 saturated heterocycles. The number of carbonyl (C=O) groups is 1. The molecule has 116 valence electrons. The largest absolute Gasteiger partial charge is 0.342 e. The number of likely N-dealkylation sites (tertiary alicyclic amines) is 1. The van der Waals surface area contributed by atoms with Gasteiger partial charge in [0, 0.05) is 24.0 Å². The van der Waals surface area contributed by atoms with Gasteiger partial charge in [0.05, 0.1) is 10.6 Å². The highest BCUT2D eigenvalue weighted by Gasteiger charge is 2.23. The Hall–Kier alpha value is -0.880. The van der Waals surface area contributed by atoms with E-state index in [9.17, 15) is 13.2 Å². The standard InChI is InChI=1S/C15H20BrNO3S/c1-12-3-2-9-17(11-12)15(18)8-10-21(19,20)14-6-4-13(16)5-7-14/h4-7,12H,2-3,8-11H2,1H3. The number of amides is 1. The summed E-state index contributed by atoms with van der Waals surface area (Å²) in [6.07, 6.45) is 2.21. The lowest BCUT2D eigenvalue weighted by molar-refractivity contribution is -0.132. The lowest BCUT2D eigenvalue weighted by Crippen LogP contribution is -2.39. The Balaban J connectivity index is 1.95. The molecule has 1 heterocycles. The van der Waals surface area contributed by atoms with Crippen LogP contribution in [0.1, 0.15) is 26.2 Å². The molecule has 4 nitrogen and oxygen atoms in total. The normalized spacial score (nSPS) is 19.5. The molecule has 0 radical (unpaired) electrons. The van der Waals surface area contributed by atoms with Crippen LogP contribution in [0, 0.1) is 5.92 Å². The molecular weight excluding hydrogens is 354 g/mol. The first-order chi connectivity index (χ1) is 9.88.